The number of aliphatic carboxylic acids is 2. The third kappa shape index (κ3) is 29.2. The molecule has 0 aliphatic carbocycles. The van der Waals surface area contributed by atoms with Crippen LogP contribution >= 0.6 is 0 Å². The molecule has 0 bridgehead atoms. The molecule has 4 nitrogen and oxygen atoms in total. The zero-order chi connectivity index (χ0) is 12.1. The van der Waals surface area contributed by atoms with E-state index in [-0.39, 0.29) is 29.6 Å². The van der Waals surface area contributed by atoms with Crippen LogP contribution < -0.4 is 29.6 Å². The Kier molecular flexibility index (Phi) is 23.0. The first-order valence-electron chi connectivity index (χ1n) is 5.26. The van der Waals surface area contributed by atoms with Gasteiger partial charge in [0.05, 0.1) is 0 Å². The van der Waals surface area contributed by atoms with Gasteiger partial charge in [0.15, 0.2) is 0 Å². The maximum Gasteiger partial charge on any atom is 1.00 e. The summed E-state index contributed by atoms with van der Waals surface area (Å²) in [6.07, 6.45) is 8.32. The smallest absolute Gasteiger partial charge is 0.481 e. The van der Waals surface area contributed by atoms with Crippen LogP contribution in [0.15, 0.2) is 0 Å². The molecule has 0 rings (SSSR count). The fourth-order valence-electron chi connectivity index (χ4n) is 0.905. The van der Waals surface area contributed by atoms with Gasteiger partial charge in [0, 0.05) is 0 Å². The van der Waals surface area contributed by atoms with E-state index in [1.165, 1.54) is 32.1 Å². The Hall–Kier alpha value is -0.0600. The van der Waals surface area contributed by atoms with Crippen LogP contribution in [0.3, 0.4) is 0 Å². The summed E-state index contributed by atoms with van der Waals surface area (Å²) >= 11 is 0. The summed E-state index contributed by atoms with van der Waals surface area (Å²) in [7, 11) is 0. The second-order valence-corrected chi connectivity index (χ2v) is 3.22. The van der Waals surface area contributed by atoms with Crippen LogP contribution in [-0.2, 0) is 9.59 Å². The predicted octanol–water partition coefficient (Wildman–Crippen LogP) is -0.269. The molecule has 0 spiro atoms. The zero-order valence-corrected chi connectivity index (χ0v) is 12.5. The number of carboxylic acid groups (broad SMARTS) is 2. The average Bonchev–Trinajstić information content (AvgIpc) is 2.11. The van der Waals surface area contributed by atoms with Crippen LogP contribution in [-0.4, -0.2) is 22.2 Å². The molecule has 0 unspecified atom stereocenters. The molecule has 90 valence electrons. The van der Waals surface area contributed by atoms with E-state index in [4.69, 9.17) is 10.2 Å². The van der Waals surface area contributed by atoms with Gasteiger partial charge in [-0.1, -0.05) is 32.6 Å². The van der Waals surface area contributed by atoms with Crippen molar-refractivity contribution in [1.29, 1.82) is 0 Å². The van der Waals surface area contributed by atoms with E-state index < -0.39 is 18.4 Å². The molecule has 0 fully saturated rings. The van der Waals surface area contributed by atoms with E-state index >= 15 is 0 Å². The number of carbonyl (C=O) groups is 2. The topological polar surface area (TPSA) is 74.6 Å². The second kappa shape index (κ2) is 17.3. The van der Waals surface area contributed by atoms with Gasteiger partial charge in [-0.15, -0.1) is 0 Å². The molecule has 0 heterocycles. The first-order valence-corrected chi connectivity index (χ1v) is 5.26. The van der Waals surface area contributed by atoms with E-state index in [9.17, 15) is 9.59 Å². The Bertz CT molecular complexity index is 153. The van der Waals surface area contributed by atoms with Crippen molar-refractivity contribution in [1.82, 2.24) is 0 Å². The Morgan fingerprint density at radius 2 is 1.56 bits per heavy atom. The first kappa shape index (κ1) is 21.2. The number of carboxylic acids is 2. The molecule has 0 saturated carbocycles. The summed E-state index contributed by atoms with van der Waals surface area (Å²) in [6.45, 7) is 4.38. The van der Waals surface area contributed by atoms with Crippen LogP contribution in [0, 0.1) is 6.42 Å². The van der Waals surface area contributed by atoms with E-state index in [0.717, 1.165) is 0 Å². The average molecular weight is 240 g/mol. The molecule has 0 amide bonds. The van der Waals surface area contributed by atoms with Crippen LogP contribution in [0.5, 0.6) is 0 Å². The van der Waals surface area contributed by atoms with Crippen LogP contribution in [0.25, 0.3) is 0 Å². The number of hydrogen-bond donors (Lipinski definition) is 2. The van der Waals surface area contributed by atoms with Crippen molar-refractivity contribution in [3.63, 3.8) is 0 Å². The van der Waals surface area contributed by atoms with Crippen molar-refractivity contribution in [2.45, 2.75) is 52.4 Å². The predicted molar refractivity (Wildman–Crippen MR) is 58.6 cm³/mol. The minimum atomic E-state index is -1.31. The molecule has 16 heavy (non-hydrogen) atoms. The SMILES string of the molecule is C[CH-]CCCCCC.O=C(O)CC(=O)O.[Na+]. The fraction of sp³-hybridized carbons (Fsp3) is 0.727. The van der Waals surface area contributed by atoms with Gasteiger partial charge in [-0.05, 0) is 0 Å². The molecule has 0 aliphatic heterocycles. The monoisotopic (exact) mass is 240 g/mol. The Labute approximate surface area is 120 Å². The van der Waals surface area contributed by atoms with Gasteiger partial charge in [-0.2, -0.15) is 13.3 Å². The van der Waals surface area contributed by atoms with Crippen molar-refractivity contribution >= 4 is 11.9 Å². The quantitative estimate of drug-likeness (QED) is 0.278. The van der Waals surface area contributed by atoms with E-state index in [0.29, 0.717) is 0 Å². The van der Waals surface area contributed by atoms with Crippen molar-refractivity contribution < 1.29 is 49.4 Å². The van der Waals surface area contributed by atoms with E-state index in [2.05, 4.69) is 20.3 Å². The molecular weight excluding hydrogens is 219 g/mol. The van der Waals surface area contributed by atoms with Gasteiger partial charge in [0.1, 0.15) is 6.42 Å². The molecule has 0 aromatic carbocycles. The minimum absolute atomic E-state index is 0. The van der Waals surface area contributed by atoms with Crippen molar-refractivity contribution in [2.24, 2.45) is 0 Å². The third-order valence-corrected chi connectivity index (χ3v) is 1.65. The summed E-state index contributed by atoms with van der Waals surface area (Å²) in [5.74, 6) is -2.62. The molecule has 0 aliphatic rings. The zero-order valence-electron chi connectivity index (χ0n) is 10.5. The number of hydrogen-bond acceptors (Lipinski definition) is 2. The summed E-state index contributed by atoms with van der Waals surface area (Å²) in [6, 6.07) is 0. The van der Waals surface area contributed by atoms with E-state index in [1.54, 1.807) is 0 Å². The maximum absolute atomic E-state index is 9.43. The normalized spacial score (nSPS) is 8.38. The van der Waals surface area contributed by atoms with Crippen LogP contribution in [0.2, 0.25) is 0 Å². The summed E-state index contributed by atoms with van der Waals surface area (Å²) < 4.78 is 0. The minimum Gasteiger partial charge on any atom is -0.481 e. The molecular formula is C11H21NaO4. The maximum atomic E-state index is 9.43. The summed E-state index contributed by atoms with van der Waals surface area (Å²) in [4.78, 5) is 18.9. The van der Waals surface area contributed by atoms with Crippen LogP contribution in [0.1, 0.15) is 52.4 Å². The largest absolute Gasteiger partial charge is 1.00 e. The van der Waals surface area contributed by atoms with E-state index in [1.807, 2.05) is 0 Å². The fourth-order valence-corrected chi connectivity index (χ4v) is 0.905. The van der Waals surface area contributed by atoms with Crippen LogP contribution in [0.4, 0.5) is 0 Å². The molecule has 2 N–H and O–H groups in total. The second-order valence-electron chi connectivity index (χ2n) is 3.22. The first-order chi connectivity index (χ1) is 7.04. The molecule has 0 saturated heterocycles. The molecule has 0 radical (unpaired) electrons. The molecule has 0 aromatic heterocycles. The third-order valence-electron chi connectivity index (χ3n) is 1.65. The van der Waals surface area contributed by atoms with Gasteiger partial charge in [-0.25, -0.2) is 0 Å². The van der Waals surface area contributed by atoms with Gasteiger partial charge in [0.25, 0.3) is 0 Å². The molecule has 0 atom stereocenters. The number of unbranched alkanes of at least 4 members (excludes halogenated alkanes) is 5. The van der Waals surface area contributed by atoms with Crippen molar-refractivity contribution in [3.8, 4) is 0 Å². The van der Waals surface area contributed by atoms with Gasteiger partial charge in [-0.3, -0.25) is 9.59 Å². The molecule has 0 aromatic rings. The summed E-state index contributed by atoms with van der Waals surface area (Å²) in [5, 5.41) is 15.4. The summed E-state index contributed by atoms with van der Waals surface area (Å²) in [5.41, 5.74) is 0. The Morgan fingerprint density at radius 3 is 1.81 bits per heavy atom. The molecule has 5 heteroatoms. The Morgan fingerprint density at radius 1 is 1.06 bits per heavy atom. The van der Waals surface area contributed by atoms with Gasteiger partial charge in [0.2, 0.25) is 0 Å². The van der Waals surface area contributed by atoms with Crippen molar-refractivity contribution in [3.05, 3.63) is 6.42 Å². The van der Waals surface area contributed by atoms with Gasteiger partial charge >= 0.3 is 41.5 Å². The standard InChI is InChI=1S/C8H17.C3H4O4.Na/c1-3-5-7-8-6-4-2;4-2(5)1-3(6)7;/h3H,4-8H2,1-2H3;1H2,(H,4,5)(H,6,7);/q-1;;+1. The Balaban J connectivity index is -0.000000200. The number of rotatable bonds is 7. The van der Waals surface area contributed by atoms with Crippen molar-refractivity contribution in [2.75, 3.05) is 0 Å². The van der Waals surface area contributed by atoms with Gasteiger partial charge < -0.3 is 16.6 Å².